The van der Waals surface area contributed by atoms with Gasteiger partial charge in [0.15, 0.2) is 0 Å². The van der Waals surface area contributed by atoms with Crippen LogP contribution >= 0.6 is 0 Å². The molecule has 204 valence electrons. The van der Waals surface area contributed by atoms with E-state index in [1.54, 1.807) is 0 Å². The second-order valence-corrected chi connectivity index (χ2v) is 13.6. The van der Waals surface area contributed by atoms with Crippen molar-refractivity contribution < 1.29 is 19.4 Å². The predicted molar refractivity (Wildman–Crippen MR) is 144 cm³/mol. The molecule has 4 rings (SSSR count). The Morgan fingerprint density at radius 1 is 1.08 bits per heavy atom. The third-order valence-corrected chi connectivity index (χ3v) is 11.1. The summed E-state index contributed by atoms with van der Waals surface area (Å²) in [4.78, 5) is 22.8. The van der Waals surface area contributed by atoms with E-state index in [9.17, 15) is 9.59 Å². The number of fused-ring (bicyclic) bond motifs is 5. The quantitative estimate of drug-likeness (QED) is 0.319. The van der Waals surface area contributed by atoms with E-state index in [4.69, 9.17) is 9.84 Å². The van der Waals surface area contributed by atoms with Gasteiger partial charge in [-0.25, -0.2) is 4.79 Å². The molecule has 36 heavy (non-hydrogen) atoms. The Bertz CT molecular complexity index is 836. The highest BCUT2D eigenvalue weighted by molar-refractivity contribution is 5.70. The molecule has 1 unspecified atom stereocenters. The maximum absolute atomic E-state index is 12.2. The summed E-state index contributed by atoms with van der Waals surface area (Å²) in [5.41, 5.74) is 2.26. The van der Waals surface area contributed by atoms with Crippen LogP contribution in [0.2, 0.25) is 0 Å². The molecule has 0 heterocycles. The van der Waals surface area contributed by atoms with Crippen molar-refractivity contribution >= 4 is 12.1 Å². The van der Waals surface area contributed by atoms with Crippen LogP contribution in [0.4, 0.5) is 4.79 Å². The fraction of sp³-hybridized carbons (Fsp3) is 0.871. The first-order valence-corrected chi connectivity index (χ1v) is 14.9. The van der Waals surface area contributed by atoms with Gasteiger partial charge in [0, 0.05) is 13.0 Å². The third-order valence-electron chi connectivity index (χ3n) is 11.1. The molecule has 5 nitrogen and oxygen atoms in total. The van der Waals surface area contributed by atoms with Gasteiger partial charge in [-0.1, -0.05) is 65.5 Å². The summed E-state index contributed by atoms with van der Waals surface area (Å²) in [5, 5.41) is 11.4. The number of alkyl carbamates (subject to hydrolysis) is 1. The first-order chi connectivity index (χ1) is 17.0. The van der Waals surface area contributed by atoms with Gasteiger partial charge in [0.25, 0.3) is 0 Å². The Hall–Kier alpha value is -1.52. The molecular formula is C31H51NO4. The Labute approximate surface area is 219 Å². The summed E-state index contributed by atoms with van der Waals surface area (Å²) in [6.07, 6.45) is 15.6. The van der Waals surface area contributed by atoms with Crippen molar-refractivity contribution in [3.05, 3.63) is 11.6 Å². The average molecular weight is 502 g/mol. The maximum Gasteiger partial charge on any atom is 0.407 e. The van der Waals surface area contributed by atoms with Crippen LogP contribution < -0.4 is 5.32 Å². The van der Waals surface area contributed by atoms with Crippen molar-refractivity contribution in [2.45, 2.75) is 118 Å². The van der Waals surface area contributed by atoms with Gasteiger partial charge in [0.1, 0.15) is 6.10 Å². The molecule has 4 aliphatic carbocycles. The highest BCUT2D eigenvalue weighted by atomic mass is 16.6. The van der Waals surface area contributed by atoms with Crippen molar-refractivity contribution in [2.24, 2.45) is 46.3 Å². The number of nitrogens with one attached hydrogen (secondary N) is 1. The minimum atomic E-state index is -0.914. The minimum Gasteiger partial charge on any atom is -0.481 e. The van der Waals surface area contributed by atoms with Crippen molar-refractivity contribution in [3.8, 4) is 0 Å². The summed E-state index contributed by atoms with van der Waals surface area (Å²) in [7, 11) is 0. The van der Waals surface area contributed by atoms with Gasteiger partial charge in [0.05, 0.1) is 6.42 Å². The Kier molecular flexibility index (Phi) is 8.46. The third kappa shape index (κ3) is 5.50. The summed E-state index contributed by atoms with van der Waals surface area (Å²) in [6.45, 7) is 12.5. The summed E-state index contributed by atoms with van der Waals surface area (Å²) < 4.78 is 5.69. The van der Waals surface area contributed by atoms with Crippen molar-refractivity contribution in [2.75, 3.05) is 6.54 Å². The summed E-state index contributed by atoms with van der Waals surface area (Å²) in [6, 6.07) is 0. The van der Waals surface area contributed by atoms with Crippen LogP contribution in [0.1, 0.15) is 112 Å². The van der Waals surface area contributed by atoms with Crippen LogP contribution in [-0.4, -0.2) is 29.8 Å². The van der Waals surface area contributed by atoms with Crippen molar-refractivity contribution in [1.82, 2.24) is 5.32 Å². The molecule has 1 amide bonds. The molecule has 5 heteroatoms. The van der Waals surface area contributed by atoms with E-state index >= 15 is 0 Å². The second-order valence-electron chi connectivity index (χ2n) is 13.6. The molecule has 4 aliphatic rings. The lowest BCUT2D eigenvalue weighted by molar-refractivity contribution is -0.136. The van der Waals surface area contributed by atoms with E-state index in [2.05, 4.69) is 46.0 Å². The lowest BCUT2D eigenvalue weighted by Gasteiger charge is -2.58. The average Bonchev–Trinajstić information content (AvgIpc) is 3.16. The molecule has 0 aromatic heterocycles. The fourth-order valence-corrected chi connectivity index (χ4v) is 9.22. The van der Waals surface area contributed by atoms with Gasteiger partial charge in [-0.15, -0.1) is 0 Å². The highest BCUT2D eigenvalue weighted by Gasteiger charge is 2.59. The number of rotatable bonds is 9. The molecule has 8 atom stereocenters. The van der Waals surface area contributed by atoms with Crippen molar-refractivity contribution in [1.29, 1.82) is 0 Å². The highest BCUT2D eigenvalue weighted by Crippen LogP contribution is 2.67. The standard InChI is InChI=1S/C31H51NO4/c1-20(2)7-6-8-21(3)25-11-12-26-24-10-9-22-19-23(36-29(35)32-18-15-28(33)34)13-16-30(22,4)27(24)14-17-31(25,26)5/h9,20-21,23-27H,6-8,10-19H2,1-5H3,(H,32,35)(H,33,34)/t21?,23-,24-,25+,26-,27-,30-,31+/m0/s1. The van der Waals surface area contributed by atoms with Gasteiger partial charge >= 0.3 is 12.1 Å². The minimum absolute atomic E-state index is 0.0796. The number of carbonyl (C=O) groups excluding carboxylic acids is 1. The van der Waals surface area contributed by atoms with E-state index in [0.29, 0.717) is 5.41 Å². The topological polar surface area (TPSA) is 75.6 Å². The van der Waals surface area contributed by atoms with E-state index in [1.165, 1.54) is 56.9 Å². The van der Waals surface area contributed by atoms with Crippen LogP contribution in [0, 0.1) is 46.3 Å². The molecule has 0 aromatic carbocycles. The summed E-state index contributed by atoms with van der Waals surface area (Å²) in [5.74, 6) is 4.06. The number of carbonyl (C=O) groups is 2. The van der Waals surface area contributed by atoms with Gasteiger partial charge in [-0.05, 0) is 91.3 Å². The van der Waals surface area contributed by atoms with Gasteiger partial charge < -0.3 is 15.2 Å². The molecule has 0 radical (unpaired) electrons. The smallest absolute Gasteiger partial charge is 0.407 e. The maximum atomic E-state index is 12.2. The van der Waals surface area contributed by atoms with E-state index in [1.807, 2.05) is 0 Å². The number of hydrogen-bond donors (Lipinski definition) is 2. The van der Waals surface area contributed by atoms with Crippen LogP contribution in [0.5, 0.6) is 0 Å². The molecule has 2 N–H and O–H groups in total. The first-order valence-electron chi connectivity index (χ1n) is 14.9. The summed E-state index contributed by atoms with van der Waals surface area (Å²) >= 11 is 0. The molecule has 0 saturated heterocycles. The van der Waals surface area contributed by atoms with Gasteiger partial charge in [-0.2, -0.15) is 0 Å². The zero-order valence-electron chi connectivity index (χ0n) is 23.5. The molecular weight excluding hydrogens is 450 g/mol. The number of allylic oxidation sites excluding steroid dienone is 1. The predicted octanol–water partition coefficient (Wildman–Crippen LogP) is 7.60. The number of hydrogen-bond acceptors (Lipinski definition) is 3. The van der Waals surface area contributed by atoms with Crippen LogP contribution in [0.3, 0.4) is 0 Å². The normalized spacial score (nSPS) is 38.4. The van der Waals surface area contributed by atoms with Crippen LogP contribution in [0.15, 0.2) is 11.6 Å². The monoisotopic (exact) mass is 501 g/mol. The molecule has 3 saturated carbocycles. The van der Waals surface area contributed by atoms with Crippen LogP contribution in [0.25, 0.3) is 0 Å². The molecule has 0 aliphatic heterocycles. The molecule has 0 aromatic rings. The van der Waals surface area contributed by atoms with E-state index in [0.717, 1.165) is 54.8 Å². The second kappa shape index (κ2) is 11.1. The number of carboxylic acid groups (broad SMARTS) is 1. The van der Waals surface area contributed by atoms with Crippen molar-refractivity contribution in [3.63, 3.8) is 0 Å². The fourth-order valence-electron chi connectivity index (χ4n) is 9.22. The van der Waals surface area contributed by atoms with Crippen LogP contribution in [-0.2, 0) is 9.53 Å². The lowest BCUT2D eigenvalue weighted by atomic mass is 9.47. The Morgan fingerprint density at radius 2 is 1.86 bits per heavy atom. The van der Waals surface area contributed by atoms with Gasteiger partial charge in [-0.3, -0.25) is 4.79 Å². The Morgan fingerprint density at radius 3 is 2.58 bits per heavy atom. The zero-order chi connectivity index (χ0) is 26.1. The zero-order valence-corrected chi connectivity index (χ0v) is 23.5. The molecule has 3 fully saturated rings. The molecule has 0 spiro atoms. The number of ether oxygens (including phenoxy) is 1. The first kappa shape index (κ1) is 27.5. The van der Waals surface area contributed by atoms with Gasteiger partial charge in [0.2, 0.25) is 0 Å². The SMILES string of the molecule is CC(C)CCCC(C)[C@H]1CC[C@H]2[C@@H]3CC=C4C[C@@H](OC(=O)NCCC(=O)O)CC[C@]4(C)[C@H]3CC[C@]12C. The lowest BCUT2D eigenvalue weighted by Crippen LogP contribution is -2.51. The number of aliphatic carboxylic acids is 1. The van der Waals surface area contributed by atoms with E-state index < -0.39 is 12.1 Å². The number of carboxylic acids is 1. The number of amides is 1. The Balaban J connectivity index is 1.38. The largest absolute Gasteiger partial charge is 0.481 e. The van der Waals surface area contributed by atoms with E-state index in [-0.39, 0.29) is 24.5 Å². The molecule has 0 bridgehead atoms.